The highest BCUT2D eigenvalue weighted by molar-refractivity contribution is 5.93. The molecule has 0 atom stereocenters. The van der Waals surface area contributed by atoms with Gasteiger partial charge in [0.1, 0.15) is 5.54 Å². The number of rotatable bonds is 3. The molecule has 1 aliphatic rings. The summed E-state index contributed by atoms with van der Waals surface area (Å²) in [7, 11) is 0. The third-order valence-electron chi connectivity index (χ3n) is 3.00. The van der Waals surface area contributed by atoms with Crippen molar-refractivity contribution in [3.05, 3.63) is 0 Å². The zero-order chi connectivity index (χ0) is 11.3. The first-order chi connectivity index (χ1) is 7.14. The summed E-state index contributed by atoms with van der Waals surface area (Å²) in [6, 6.07) is 0. The molecule has 0 aromatic carbocycles. The van der Waals surface area contributed by atoms with Crippen LogP contribution in [0.3, 0.4) is 0 Å². The normalized spacial score (nSPS) is 21.0. The van der Waals surface area contributed by atoms with E-state index < -0.39 is 5.54 Å². The number of hydrogen-bond acceptors (Lipinski definition) is 3. The molecule has 15 heavy (non-hydrogen) atoms. The summed E-state index contributed by atoms with van der Waals surface area (Å²) in [5, 5.41) is 14.7. The SMILES string of the molecule is CCC(=O)NC1(C(N)=NO)CCCCC1. The van der Waals surface area contributed by atoms with Gasteiger partial charge in [-0.25, -0.2) is 0 Å². The second kappa shape index (κ2) is 5.00. The number of oxime groups is 1. The van der Waals surface area contributed by atoms with Gasteiger partial charge in [0.15, 0.2) is 5.84 Å². The molecule has 1 saturated carbocycles. The maximum atomic E-state index is 11.4. The van der Waals surface area contributed by atoms with Crippen LogP contribution in [-0.2, 0) is 4.79 Å². The summed E-state index contributed by atoms with van der Waals surface area (Å²) < 4.78 is 0. The molecule has 0 saturated heterocycles. The van der Waals surface area contributed by atoms with Gasteiger partial charge in [0.2, 0.25) is 5.91 Å². The zero-order valence-electron chi connectivity index (χ0n) is 9.12. The third kappa shape index (κ3) is 2.61. The molecular formula is C10H19N3O2. The van der Waals surface area contributed by atoms with Crippen molar-refractivity contribution < 1.29 is 10.0 Å². The maximum absolute atomic E-state index is 11.4. The highest BCUT2D eigenvalue weighted by atomic mass is 16.4. The molecule has 86 valence electrons. The van der Waals surface area contributed by atoms with Gasteiger partial charge in [-0.2, -0.15) is 0 Å². The van der Waals surface area contributed by atoms with Gasteiger partial charge in [-0.15, -0.1) is 0 Å². The molecule has 0 aliphatic heterocycles. The van der Waals surface area contributed by atoms with Crippen LogP contribution in [0.4, 0.5) is 0 Å². The van der Waals surface area contributed by atoms with Gasteiger partial charge < -0.3 is 16.3 Å². The molecule has 0 aromatic rings. The van der Waals surface area contributed by atoms with Crippen molar-refractivity contribution in [2.75, 3.05) is 0 Å². The molecule has 0 spiro atoms. The average molecular weight is 213 g/mol. The Morgan fingerprint density at radius 2 is 2.07 bits per heavy atom. The Labute approximate surface area is 89.7 Å². The highest BCUT2D eigenvalue weighted by Gasteiger charge is 2.37. The van der Waals surface area contributed by atoms with Crippen molar-refractivity contribution in [3.8, 4) is 0 Å². The molecule has 1 amide bonds. The molecule has 1 fully saturated rings. The van der Waals surface area contributed by atoms with Gasteiger partial charge in [0, 0.05) is 6.42 Å². The maximum Gasteiger partial charge on any atom is 0.220 e. The Hall–Kier alpha value is -1.26. The summed E-state index contributed by atoms with van der Waals surface area (Å²) in [6.07, 6.45) is 5.08. The second-order valence-corrected chi connectivity index (χ2v) is 4.03. The van der Waals surface area contributed by atoms with E-state index in [1.54, 1.807) is 6.92 Å². The van der Waals surface area contributed by atoms with Gasteiger partial charge in [-0.3, -0.25) is 4.79 Å². The number of carbonyl (C=O) groups excluding carboxylic acids is 1. The van der Waals surface area contributed by atoms with Crippen LogP contribution in [0, 0.1) is 0 Å². The van der Waals surface area contributed by atoms with E-state index in [0.717, 1.165) is 32.1 Å². The van der Waals surface area contributed by atoms with Crippen LogP contribution in [0.5, 0.6) is 0 Å². The molecule has 5 heteroatoms. The number of hydrogen-bond donors (Lipinski definition) is 3. The number of nitrogens with one attached hydrogen (secondary N) is 1. The standard InChI is InChI=1S/C10H19N3O2/c1-2-8(14)12-10(9(11)13-15)6-4-3-5-7-10/h15H,2-7H2,1H3,(H2,11,13)(H,12,14). The Bertz CT molecular complexity index is 257. The van der Waals surface area contributed by atoms with E-state index in [0.29, 0.717) is 6.42 Å². The van der Waals surface area contributed by atoms with E-state index in [1.807, 2.05) is 0 Å². The minimum Gasteiger partial charge on any atom is -0.409 e. The van der Waals surface area contributed by atoms with E-state index >= 15 is 0 Å². The van der Waals surface area contributed by atoms with Crippen LogP contribution >= 0.6 is 0 Å². The number of nitrogens with two attached hydrogens (primary N) is 1. The summed E-state index contributed by atoms with van der Waals surface area (Å²) >= 11 is 0. The lowest BCUT2D eigenvalue weighted by Gasteiger charge is -2.36. The fourth-order valence-corrected chi connectivity index (χ4v) is 2.05. The van der Waals surface area contributed by atoms with Gasteiger partial charge >= 0.3 is 0 Å². The molecule has 4 N–H and O–H groups in total. The number of amidine groups is 1. The summed E-state index contributed by atoms with van der Waals surface area (Å²) in [5.41, 5.74) is 5.06. The predicted octanol–water partition coefficient (Wildman–Crippen LogP) is 0.962. The van der Waals surface area contributed by atoms with Crippen LogP contribution in [0.15, 0.2) is 5.16 Å². The van der Waals surface area contributed by atoms with Crippen LogP contribution < -0.4 is 11.1 Å². The highest BCUT2D eigenvalue weighted by Crippen LogP contribution is 2.28. The Morgan fingerprint density at radius 3 is 2.53 bits per heavy atom. The molecule has 1 rings (SSSR count). The first-order valence-corrected chi connectivity index (χ1v) is 5.43. The first kappa shape index (κ1) is 11.8. The monoisotopic (exact) mass is 213 g/mol. The lowest BCUT2D eigenvalue weighted by atomic mass is 9.80. The number of carbonyl (C=O) groups is 1. The minimum atomic E-state index is -0.611. The van der Waals surface area contributed by atoms with Crippen LogP contribution in [0.25, 0.3) is 0 Å². The first-order valence-electron chi connectivity index (χ1n) is 5.43. The molecule has 0 bridgehead atoms. The van der Waals surface area contributed by atoms with Crippen molar-refractivity contribution in [1.29, 1.82) is 0 Å². The van der Waals surface area contributed by atoms with E-state index in [-0.39, 0.29) is 11.7 Å². The van der Waals surface area contributed by atoms with Gasteiger partial charge in [0.05, 0.1) is 0 Å². The Morgan fingerprint density at radius 1 is 1.47 bits per heavy atom. The summed E-state index contributed by atoms with van der Waals surface area (Å²) in [5.74, 6) is 0.0764. The average Bonchev–Trinajstić information content (AvgIpc) is 2.29. The van der Waals surface area contributed by atoms with Crippen LogP contribution in [-0.4, -0.2) is 22.5 Å². The van der Waals surface area contributed by atoms with E-state index in [9.17, 15) is 4.79 Å². The quantitative estimate of drug-likeness (QED) is 0.282. The van der Waals surface area contributed by atoms with Crippen LogP contribution in [0.1, 0.15) is 45.4 Å². The zero-order valence-corrected chi connectivity index (χ0v) is 9.12. The Balaban J connectivity index is 2.80. The molecule has 0 unspecified atom stereocenters. The molecular weight excluding hydrogens is 194 g/mol. The van der Waals surface area contributed by atoms with E-state index in [4.69, 9.17) is 10.9 Å². The smallest absolute Gasteiger partial charge is 0.220 e. The number of nitrogens with zero attached hydrogens (tertiary/aromatic N) is 1. The predicted molar refractivity (Wildman–Crippen MR) is 57.7 cm³/mol. The molecule has 0 aromatic heterocycles. The van der Waals surface area contributed by atoms with Crippen molar-refractivity contribution in [3.63, 3.8) is 0 Å². The molecule has 0 radical (unpaired) electrons. The van der Waals surface area contributed by atoms with Gasteiger partial charge in [-0.05, 0) is 12.8 Å². The van der Waals surface area contributed by atoms with Crippen molar-refractivity contribution in [2.24, 2.45) is 10.9 Å². The van der Waals surface area contributed by atoms with Crippen LogP contribution in [0.2, 0.25) is 0 Å². The summed E-state index contributed by atoms with van der Waals surface area (Å²) in [6.45, 7) is 1.79. The fraction of sp³-hybridized carbons (Fsp3) is 0.800. The third-order valence-corrected chi connectivity index (χ3v) is 3.00. The van der Waals surface area contributed by atoms with E-state index in [2.05, 4.69) is 10.5 Å². The van der Waals surface area contributed by atoms with Crippen molar-refractivity contribution in [2.45, 2.75) is 51.0 Å². The largest absolute Gasteiger partial charge is 0.409 e. The lowest BCUT2D eigenvalue weighted by molar-refractivity contribution is -0.122. The molecule has 0 heterocycles. The van der Waals surface area contributed by atoms with E-state index in [1.165, 1.54) is 0 Å². The number of amides is 1. The molecule has 1 aliphatic carbocycles. The summed E-state index contributed by atoms with van der Waals surface area (Å²) in [4.78, 5) is 11.4. The van der Waals surface area contributed by atoms with Gasteiger partial charge in [-0.1, -0.05) is 31.3 Å². The van der Waals surface area contributed by atoms with Crippen molar-refractivity contribution >= 4 is 11.7 Å². The lowest BCUT2D eigenvalue weighted by Crippen LogP contribution is -2.58. The van der Waals surface area contributed by atoms with Gasteiger partial charge in [0.25, 0.3) is 0 Å². The van der Waals surface area contributed by atoms with Crippen molar-refractivity contribution in [1.82, 2.24) is 5.32 Å². The fourth-order valence-electron chi connectivity index (χ4n) is 2.05. The molecule has 5 nitrogen and oxygen atoms in total. The topological polar surface area (TPSA) is 87.7 Å². The Kier molecular flexibility index (Phi) is 3.94. The second-order valence-electron chi connectivity index (χ2n) is 4.03. The minimum absolute atomic E-state index is 0.0523.